The van der Waals surface area contributed by atoms with Crippen LogP contribution in [0.5, 0.6) is 0 Å². The SMILES string of the molecule is CCCCCCCCC(C)NCCOC(=O)c1ccc([N+](=O)[O-])cc1.Cl. The molecule has 1 rings (SSSR count). The Morgan fingerprint density at radius 3 is 2.38 bits per heavy atom. The Labute approximate surface area is 162 Å². The highest BCUT2D eigenvalue weighted by molar-refractivity contribution is 5.89. The number of halogens is 1. The molecule has 1 atom stereocenters. The molecular formula is C19H31ClN2O4. The summed E-state index contributed by atoms with van der Waals surface area (Å²) in [5.74, 6) is -0.458. The molecule has 0 fully saturated rings. The van der Waals surface area contributed by atoms with Crippen molar-refractivity contribution in [2.75, 3.05) is 13.2 Å². The summed E-state index contributed by atoms with van der Waals surface area (Å²) < 4.78 is 5.18. The van der Waals surface area contributed by atoms with Crippen molar-refractivity contribution in [3.63, 3.8) is 0 Å². The summed E-state index contributed by atoms with van der Waals surface area (Å²) in [6.45, 7) is 5.26. The van der Waals surface area contributed by atoms with E-state index in [-0.39, 0.29) is 24.7 Å². The number of ether oxygens (including phenoxy) is 1. The largest absolute Gasteiger partial charge is 0.461 e. The highest BCUT2D eigenvalue weighted by atomic mass is 35.5. The fourth-order valence-corrected chi connectivity index (χ4v) is 2.58. The predicted octanol–water partition coefficient (Wildman–Crippen LogP) is 4.90. The van der Waals surface area contributed by atoms with Crippen LogP contribution >= 0.6 is 12.4 Å². The van der Waals surface area contributed by atoms with E-state index in [0.717, 1.165) is 6.42 Å². The molecule has 148 valence electrons. The van der Waals surface area contributed by atoms with Gasteiger partial charge in [-0.1, -0.05) is 45.4 Å². The molecule has 0 aliphatic carbocycles. The van der Waals surface area contributed by atoms with Crippen molar-refractivity contribution in [3.05, 3.63) is 39.9 Å². The minimum absolute atomic E-state index is 0. The number of hydrogen-bond acceptors (Lipinski definition) is 5. The third-order valence-corrected chi connectivity index (χ3v) is 4.13. The Balaban J connectivity index is 0.00000625. The number of carbonyl (C=O) groups excluding carboxylic acids is 1. The van der Waals surface area contributed by atoms with E-state index in [2.05, 4.69) is 19.2 Å². The van der Waals surface area contributed by atoms with Gasteiger partial charge in [0.25, 0.3) is 5.69 Å². The van der Waals surface area contributed by atoms with Crippen LogP contribution in [0.25, 0.3) is 0 Å². The lowest BCUT2D eigenvalue weighted by Gasteiger charge is -2.13. The van der Waals surface area contributed by atoms with E-state index in [1.165, 1.54) is 62.8 Å². The maximum atomic E-state index is 11.8. The molecule has 1 unspecified atom stereocenters. The van der Waals surface area contributed by atoms with Gasteiger partial charge in [0.2, 0.25) is 0 Å². The van der Waals surface area contributed by atoms with E-state index in [1.54, 1.807) is 0 Å². The summed E-state index contributed by atoms with van der Waals surface area (Å²) >= 11 is 0. The number of rotatable bonds is 13. The zero-order chi connectivity index (χ0) is 18.5. The highest BCUT2D eigenvalue weighted by Gasteiger charge is 2.10. The number of hydrogen-bond donors (Lipinski definition) is 1. The Kier molecular flexibility index (Phi) is 13.6. The number of nitro benzene ring substituents is 1. The van der Waals surface area contributed by atoms with Crippen LogP contribution in [0.15, 0.2) is 24.3 Å². The van der Waals surface area contributed by atoms with Crippen molar-refractivity contribution < 1.29 is 14.5 Å². The normalized spacial score (nSPS) is 11.5. The minimum Gasteiger partial charge on any atom is -0.461 e. The Bertz CT molecular complexity index is 523. The molecule has 1 aromatic carbocycles. The second-order valence-electron chi connectivity index (χ2n) is 6.35. The Morgan fingerprint density at radius 1 is 1.15 bits per heavy atom. The third kappa shape index (κ3) is 10.4. The van der Waals surface area contributed by atoms with Crippen LogP contribution in [0.2, 0.25) is 0 Å². The zero-order valence-electron chi connectivity index (χ0n) is 15.7. The maximum Gasteiger partial charge on any atom is 0.338 e. The molecule has 0 amide bonds. The smallest absolute Gasteiger partial charge is 0.338 e. The summed E-state index contributed by atoms with van der Waals surface area (Å²) in [6, 6.07) is 5.84. The van der Waals surface area contributed by atoms with Crippen molar-refractivity contribution in [3.8, 4) is 0 Å². The van der Waals surface area contributed by atoms with Crippen LogP contribution in [0.4, 0.5) is 5.69 Å². The molecule has 0 aliphatic heterocycles. The summed E-state index contributed by atoms with van der Waals surface area (Å²) in [7, 11) is 0. The van der Waals surface area contributed by atoms with E-state index in [4.69, 9.17) is 4.74 Å². The topological polar surface area (TPSA) is 81.5 Å². The average molecular weight is 387 g/mol. The van der Waals surface area contributed by atoms with Crippen LogP contribution in [0, 0.1) is 10.1 Å². The Morgan fingerprint density at radius 2 is 1.77 bits per heavy atom. The fourth-order valence-electron chi connectivity index (χ4n) is 2.58. The lowest BCUT2D eigenvalue weighted by molar-refractivity contribution is -0.384. The number of carbonyl (C=O) groups is 1. The van der Waals surface area contributed by atoms with Crippen LogP contribution in [0.1, 0.15) is 69.2 Å². The van der Waals surface area contributed by atoms with Gasteiger partial charge in [-0.15, -0.1) is 12.4 Å². The molecule has 0 aliphatic rings. The number of nitrogens with zero attached hydrogens (tertiary/aromatic N) is 1. The third-order valence-electron chi connectivity index (χ3n) is 4.13. The van der Waals surface area contributed by atoms with Gasteiger partial charge in [0.1, 0.15) is 6.61 Å². The van der Waals surface area contributed by atoms with Gasteiger partial charge in [0.05, 0.1) is 10.5 Å². The number of unbranched alkanes of at least 4 members (excludes halogenated alkanes) is 5. The van der Waals surface area contributed by atoms with Crippen LogP contribution in [-0.2, 0) is 4.74 Å². The molecule has 1 N–H and O–H groups in total. The molecule has 0 saturated heterocycles. The number of nitrogens with one attached hydrogen (secondary N) is 1. The lowest BCUT2D eigenvalue weighted by Crippen LogP contribution is -2.30. The number of non-ortho nitro benzene ring substituents is 1. The standard InChI is InChI=1S/C19H30N2O4.ClH/c1-3-4-5-6-7-8-9-16(2)20-14-15-25-19(22)17-10-12-18(13-11-17)21(23)24;/h10-13,16,20H,3-9,14-15H2,1-2H3;1H. The molecule has 26 heavy (non-hydrogen) atoms. The van der Waals surface area contributed by atoms with E-state index >= 15 is 0 Å². The average Bonchev–Trinajstić information content (AvgIpc) is 2.61. The molecular weight excluding hydrogens is 356 g/mol. The predicted molar refractivity (Wildman–Crippen MR) is 106 cm³/mol. The van der Waals surface area contributed by atoms with Crippen LogP contribution in [0.3, 0.4) is 0 Å². The van der Waals surface area contributed by atoms with Gasteiger partial charge >= 0.3 is 5.97 Å². The highest BCUT2D eigenvalue weighted by Crippen LogP contribution is 2.12. The number of nitro groups is 1. The Hall–Kier alpha value is -1.66. The van der Waals surface area contributed by atoms with Crippen molar-refractivity contribution >= 4 is 24.1 Å². The summed E-state index contributed by atoms with van der Waals surface area (Å²) in [5.41, 5.74) is 0.285. The minimum atomic E-state index is -0.496. The van der Waals surface area contributed by atoms with Gasteiger partial charge in [-0.2, -0.15) is 0 Å². The van der Waals surface area contributed by atoms with E-state index in [9.17, 15) is 14.9 Å². The quantitative estimate of drug-likeness (QED) is 0.225. The lowest BCUT2D eigenvalue weighted by atomic mass is 10.1. The molecule has 6 nitrogen and oxygen atoms in total. The van der Waals surface area contributed by atoms with Gasteiger partial charge in [-0.05, 0) is 25.5 Å². The first kappa shape index (κ1) is 24.3. The van der Waals surface area contributed by atoms with Crippen molar-refractivity contribution in [2.24, 2.45) is 0 Å². The summed E-state index contributed by atoms with van der Waals surface area (Å²) in [5, 5.41) is 13.9. The molecule has 7 heteroatoms. The van der Waals surface area contributed by atoms with Gasteiger partial charge in [0.15, 0.2) is 0 Å². The first-order chi connectivity index (χ1) is 12.0. The first-order valence-electron chi connectivity index (χ1n) is 9.19. The molecule has 0 radical (unpaired) electrons. The first-order valence-corrected chi connectivity index (χ1v) is 9.19. The van der Waals surface area contributed by atoms with Crippen LogP contribution < -0.4 is 5.32 Å². The summed E-state index contributed by atoms with van der Waals surface area (Å²) in [6.07, 6.45) is 8.87. The van der Waals surface area contributed by atoms with Gasteiger partial charge in [-0.25, -0.2) is 4.79 Å². The second kappa shape index (κ2) is 14.5. The van der Waals surface area contributed by atoms with Gasteiger partial charge in [0, 0.05) is 24.7 Å². The van der Waals surface area contributed by atoms with Gasteiger partial charge < -0.3 is 10.1 Å². The van der Waals surface area contributed by atoms with E-state index in [1.807, 2.05) is 0 Å². The van der Waals surface area contributed by atoms with Crippen molar-refractivity contribution in [1.82, 2.24) is 5.32 Å². The number of esters is 1. The van der Waals surface area contributed by atoms with Gasteiger partial charge in [-0.3, -0.25) is 10.1 Å². The monoisotopic (exact) mass is 386 g/mol. The molecule has 0 saturated carbocycles. The maximum absolute atomic E-state index is 11.8. The van der Waals surface area contributed by atoms with Crippen LogP contribution in [-0.4, -0.2) is 30.1 Å². The molecule has 0 heterocycles. The van der Waals surface area contributed by atoms with E-state index in [0.29, 0.717) is 18.2 Å². The second-order valence-corrected chi connectivity index (χ2v) is 6.35. The summed E-state index contributed by atoms with van der Waals surface area (Å²) in [4.78, 5) is 21.9. The fraction of sp³-hybridized carbons (Fsp3) is 0.632. The molecule has 0 spiro atoms. The van der Waals surface area contributed by atoms with Crippen molar-refractivity contribution in [1.29, 1.82) is 0 Å². The molecule has 1 aromatic rings. The van der Waals surface area contributed by atoms with E-state index < -0.39 is 10.9 Å². The molecule has 0 aromatic heterocycles. The number of benzene rings is 1. The van der Waals surface area contributed by atoms with Crippen molar-refractivity contribution in [2.45, 2.75) is 64.8 Å². The molecule has 0 bridgehead atoms. The zero-order valence-corrected chi connectivity index (χ0v) is 16.6.